The summed E-state index contributed by atoms with van der Waals surface area (Å²) in [4.78, 5) is 4.48. The van der Waals surface area contributed by atoms with E-state index in [1.165, 1.54) is 5.56 Å². The third-order valence-corrected chi connectivity index (χ3v) is 7.67. The number of nitrogens with zero attached hydrogens (tertiary/aromatic N) is 4. The number of pyridine rings is 3. The summed E-state index contributed by atoms with van der Waals surface area (Å²) in [5, 5.41) is 11.7. The topological polar surface area (TPSA) is 57.6 Å². The van der Waals surface area contributed by atoms with Gasteiger partial charge in [0.25, 0.3) is 0 Å². The van der Waals surface area contributed by atoms with Crippen molar-refractivity contribution in [2.24, 2.45) is 7.05 Å². The normalized spacial score (nSPS) is 11.9. The van der Waals surface area contributed by atoms with Crippen LogP contribution >= 0.6 is 0 Å². The van der Waals surface area contributed by atoms with Crippen LogP contribution in [0, 0.1) is 18.3 Å². The molecule has 4 aromatic heterocycles. The lowest BCUT2D eigenvalue weighted by molar-refractivity contribution is -0.660. The minimum Gasteiger partial charge on any atom is -0.437 e. The summed E-state index contributed by atoms with van der Waals surface area (Å²) < 4.78 is 10.6. The maximum Gasteiger partial charge on any atom is 0.227 e. The van der Waals surface area contributed by atoms with Crippen molar-refractivity contribution in [2.75, 3.05) is 0 Å². The molecule has 6 rings (SSSR count). The molecule has 0 aliphatic rings. The Kier molecular flexibility index (Phi) is 6.47. The molecule has 5 nitrogen and oxygen atoms in total. The van der Waals surface area contributed by atoms with Crippen LogP contribution in [0.15, 0.2) is 95.8 Å². The van der Waals surface area contributed by atoms with Crippen molar-refractivity contribution >= 4 is 34.3 Å². The molecule has 0 unspecified atom stereocenters. The molecule has 200 valence electrons. The number of hydrogen-bond donors (Lipinski definition) is 0. The number of hydrogen-bond acceptors (Lipinski definition) is 3. The third-order valence-electron chi connectivity index (χ3n) is 7.67. The minimum absolute atomic E-state index is 0.0199. The Bertz CT molecular complexity index is 2020. The Morgan fingerprint density at radius 2 is 1.76 bits per heavy atom. The van der Waals surface area contributed by atoms with Gasteiger partial charge in [-0.25, -0.2) is 9.55 Å². The highest BCUT2D eigenvalue weighted by atomic mass is 16.3. The SMILES string of the molecule is Cc1ccc(C#N)cc1-c1cc(C(C)(C)C)cc[n+]1/C=C\c1ccc2c(oc3ncccc32)c1-c1cccc[n+]1C. The molecule has 0 amide bonds. The fourth-order valence-electron chi connectivity index (χ4n) is 5.33. The quantitative estimate of drug-likeness (QED) is 0.219. The molecule has 0 fully saturated rings. The molecule has 0 aliphatic carbocycles. The Morgan fingerprint density at radius 3 is 2.54 bits per heavy atom. The lowest BCUT2D eigenvalue weighted by Crippen LogP contribution is -2.31. The monoisotopic (exact) mass is 536 g/mol. The van der Waals surface area contributed by atoms with E-state index in [-0.39, 0.29) is 5.41 Å². The van der Waals surface area contributed by atoms with E-state index in [4.69, 9.17) is 4.42 Å². The highest BCUT2D eigenvalue weighted by Gasteiger charge is 2.24. The third kappa shape index (κ3) is 4.79. The zero-order valence-electron chi connectivity index (χ0n) is 24.0. The molecule has 2 aromatic carbocycles. The summed E-state index contributed by atoms with van der Waals surface area (Å²) >= 11 is 0. The summed E-state index contributed by atoms with van der Waals surface area (Å²) in [5.41, 5.74) is 9.56. The number of fused-ring (bicyclic) bond motifs is 3. The van der Waals surface area contributed by atoms with Crippen LogP contribution in [0.1, 0.15) is 43.0 Å². The average Bonchev–Trinajstić information content (AvgIpc) is 3.35. The van der Waals surface area contributed by atoms with Gasteiger partial charge in [-0.1, -0.05) is 32.9 Å². The summed E-state index contributed by atoms with van der Waals surface area (Å²) in [6.45, 7) is 8.74. The van der Waals surface area contributed by atoms with Crippen molar-refractivity contribution in [1.82, 2.24) is 4.98 Å². The first kappa shape index (κ1) is 26.2. The van der Waals surface area contributed by atoms with Crippen molar-refractivity contribution in [1.29, 1.82) is 5.26 Å². The van der Waals surface area contributed by atoms with Crippen molar-refractivity contribution in [3.8, 4) is 28.6 Å². The molecule has 0 atom stereocenters. The predicted octanol–water partition coefficient (Wildman–Crippen LogP) is 7.53. The van der Waals surface area contributed by atoms with Gasteiger partial charge in [-0.3, -0.25) is 0 Å². The lowest BCUT2D eigenvalue weighted by Gasteiger charge is -2.19. The van der Waals surface area contributed by atoms with Gasteiger partial charge in [-0.15, -0.1) is 0 Å². The second-order valence-corrected chi connectivity index (χ2v) is 11.5. The molecule has 0 spiro atoms. The van der Waals surface area contributed by atoms with Crippen LogP contribution in [0.25, 0.3) is 56.9 Å². The molecule has 0 aliphatic heterocycles. The number of aromatic nitrogens is 3. The molecule has 0 saturated carbocycles. The summed E-state index contributed by atoms with van der Waals surface area (Å²) in [7, 11) is 2.05. The maximum absolute atomic E-state index is 9.62. The Morgan fingerprint density at radius 1 is 0.902 bits per heavy atom. The average molecular weight is 537 g/mol. The van der Waals surface area contributed by atoms with Gasteiger partial charge in [0.1, 0.15) is 7.05 Å². The zero-order chi connectivity index (χ0) is 28.7. The largest absolute Gasteiger partial charge is 0.437 e. The van der Waals surface area contributed by atoms with Gasteiger partial charge in [-0.2, -0.15) is 9.83 Å². The van der Waals surface area contributed by atoms with E-state index in [2.05, 4.69) is 103 Å². The number of furan rings is 1. The number of nitriles is 1. The van der Waals surface area contributed by atoms with Gasteiger partial charge < -0.3 is 4.42 Å². The second-order valence-electron chi connectivity index (χ2n) is 11.5. The Balaban J connectivity index is 1.58. The second kappa shape index (κ2) is 10.1. The predicted molar refractivity (Wildman–Crippen MR) is 164 cm³/mol. The molecular weight excluding hydrogens is 504 g/mol. The lowest BCUT2D eigenvalue weighted by atomic mass is 9.86. The highest BCUT2D eigenvalue weighted by molar-refractivity contribution is 6.09. The molecule has 4 heterocycles. The van der Waals surface area contributed by atoms with Crippen LogP contribution in [0.3, 0.4) is 0 Å². The maximum atomic E-state index is 9.62. The van der Waals surface area contributed by atoms with Gasteiger partial charge in [0, 0.05) is 47.3 Å². The number of benzene rings is 2. The first-order chi connectivity index (χ1) is 19.7. The molecule has 0 N–H and O–H groups in total. The van der Waals surface area contributed by atoms with Crippen molar-refractivity contribution in [3.63, 3.8) is 0 Å². The van der Waals surface area contributed by atoms with Gasteiger partial charge in [0.2, 0.25) is 17.1 Å². The fraction of sp³-hybridized carbons (Fsp3) is 0.167. The van der Waals surface area contributed by atoms with Gasteiger partial charge in [0.15, 0.2) is 24.2 Å². The Hall–Kier alpha value is -5.08. The molecular formula is C36H32N4O+2. The Labute approximate surface area is 240 Å². The van der Waals surface area contributed by atoms with Crippen molar-refractivity contribution < 1.29 is 13.6 Å². The van der Waals surface area contributed by atoms with Crippen molar-refractivity contribution in [2.45, 2.75) is 33.1 Å². The number of aryl methyl sites for hydroxylation is 2. The summed E-state index contributed by atoms with van der Waals surface area (Å²) in [5.74, 6) is 0. The molecule has 0 saturated heterocycles. The van der Waals surface area contributed by atoms with Crippen LogP contribution < -0.4 is 9.13 Å². The smallest absolute Gasteiger partial charge is 0.227 e. The van der Waals surface area contributed by atoms with E-state index in [0.29, 0.717) is 11.3 Å². The number of rotatable bonds is 4. The van der Waals surface area contributed by atoms with E-state index in [0.717, 1.165) is 50.0 Å². The van der Waals surface area contributed by atoms with Crippen LogP contribution in [-0.4, -0.2) is 4.98 Å². The molecule has 0 radical (unpaired) electrons. The van der Waals surface area contributed by atoms with Gasteiger partial charge in [0.05, 0.1) is 22.8 Å². The van der Waals surface area contributed by atoms with E-state index in [9.17, 15) is 5.26 Å². The van der Waals surface area contributed by atoms with Gasteiger partial charge >= 0.3 is 0 Å². The van der Waals surface area contributed by atoms with E-state index >= 15 is 0 Å². The van der Waals surface area contributed by atoms with Crippen LogP contribution in [-0.2, 0) is 12.5 Å². The van der Waals surface area contributed by atoms with Crippen LogP contribution in [0.2, 0.25) is 0 Å². The van der Waals surface area contributed by atoms with Gasteiger partial charge in [-0.05, 0) is 65.4 Å². The molecule has 41 heavy (non-hydrogen) atoms. The van der Waals surface area contributed by atoms with Crippen LogP contribution in [0.4, 0.5) is 0 Å². The standard InChI is InChI=1S/C36H32N4O/c1-24-11-12-25(23-37)21-30(24)32-22-27(36(2,3)4)16-20-40(32)19-15-26-13-14-28-29-9-8-17-38-35(29)41-34(28)33(26)31-10-6-7-18-39(31)5/h6-22H,1-5H3/q+2/b19-15-. The molecule has 0 bridgehead atoms. The summed E-state index contributed by atoms with van der Waals surface area (Å²) in [6.07, 6.45) is 10.1. The van der Waals surface area contributed by atoms with Crippen LogP contribution in [0.5, 0.6) is 0 Å². The highest BCUT2D eigenvalue weighted by Crippen LogP contribution is 2.37. The minimum atomic E-state index is -0.0199. The zero-order valence-corrected chi connectivity index (χ0v) is 24.0. The van der Waals surface area contributed by atoms with Crippen molar-refractivity contribution in [3.05, 3.63) is 114 Å². The van der Waals surface area contributed by atoms with E-state index in [1.54, 1.807) is 6.20 Å². The molecule has 6 aromatic rings. The summed E-state index contributed by atoms with van der Waals surface area (Å²) in [6, 6.07) is 27.0. The fourth-order valence-corrected chi connectivity index (χ4v) is 5.33. The molecule has 5 heteroatoms. The van der Waals surface area contributed by atoms with E-state index in [1.807, 2.05) is 49.6 Å². The first-order valence-electron chi connectivity index (χ1n) is 13.7. The first-order valence-corrected chi connectivity index (χ1v) is 13.7. The van der Waals surface area contributed by atoms with E-state index < -0.39 is 0 Å².